The van der Waals surface area contributed by atoms with Crippen LogP contribution >= 0.6 is 24.2 Å². The number of hydrogen-bond acceptors (Lipinski definition) is 3. The lowest BCUT2D eigenvalue weighted by Crippen LogP contribution is -2.36. The molecule has 1 aliphatic rings. The first kappa shape index (κ1) is 16.1. The molecule has 3 nitrogen and oxygen atoms in total. The van der Waals surface area contributed by atoms with Gasteiger partial charge in [-0.1, -0.05) is 6.92 Å². The molecule has 16 heavy (non-hydrogen) atoms. The molecule has 0 spiro atoms. The van der Waals surface area contributed by atoms with Crippen LogP contribution in [-0.2, 0) is 4.79 Å². The highest BCUT2D eigenvalue weighted by Crippen LogP contribution is 2.32. The van der Waals surface area contributed by atoms with Crippen molar-refractivity contribution in [1.82, 2.24) is 4.90 Å². The summed E-state index contributed by atoms with van der Waals surface area (Å²) in [6.45, 7) is 2.66. The zero-order valence-electron chi connectivity index (χ0n) is 10.1. The zero-order chi connectivity index (χ0) is 11.3. The monoisotopic (exact) mass is 266 g/mol. The first-order valence-electron chi connectivity index (χ1n) is 5.76. The second-order valence-electron chi connectivity index (χ2n) is 4.09. The molecule has 2 unspecified atom stereocenters. The van der Waals surface area contributed by atoms with Crippen molar-refractivity contribution in [3.05, 3.63) is 0 Å². The maximum atomic E-state index is 11.6. The topological polar surface area (TPSA) is 46.3 Å². The van der Waals surface area contributed by atoms with Crippen LogP contribution in [0.5, 0.6) is 0 Å². The summed E-state index contributed by atoms with van der Waals surface area (Å²) in [5.74, 6) is 1.38. The van der Waals surface area contributed by atoms with E-state index in [1.54, 1.807) is 0 Å². The quantitative estimate of drug-likeness (QED) is 0.827. The smallest absolute Gasteiger partial charge is 0.223 e. The molecule has 2 atom stereocenters. The third kappa shape index (κ3) is 4.52. The van der Waals surface area contributed by atoms with Gasteiger partial charge in [0.2, 0.25) is 5.91 Å². The van der Waals surface area contributed by atoms with E-state index in [1.807, 2.05) is 23.7 Å². The molecule has 1 rings (SSSR count). The van der Waals surface area contributed by atoms with Crippen molar-refractivity contribution in [2.75, 3.05) is 19.3 Å². The van der Waals surface area contributed by atoms with E-state index < -0.39 is 0 Å². The van der Waals surface area contributed by atoms with Crippen LogP contribution in [0.4, 0.5) is 0 Å². The van der Waals surface area contributed by atoms with E-state index in [-0.39, 0.29) is 18.3 Å². The van der Waals surface area contributed by atoms with Crippen molar-refractivity contribution >= 4 is 30.1 Å². The van der Waals surface area contributed by atoms with E-state index in [2.05, 4.69) is 6.92 Å². The van der Waals surface area contributed by atoms with Crippen molar-refractivity contribution in [2.24, 2.45) is 5.73 Å². The number of amides is 1. The van der Waals surface area contributed by atoms with Crippen molar-refractivity contribution in [1.29, 1.82) is 0 Å². The predicted molar refractivity (Wildman–Crippen MR) is 73.2 cm³/mol. The fourth-order valence-corrected chi connectivity index (χ4v) is 3.29. The number of rotatable bonds is 5. The number of carbonyl (C=O) groups excluding carboxylic acids is 1. The molecule has 0 aromatic heterocycles. The molecule has 1 amide bonds. The molecule has 0 bridgehead atoms. The van der Waals surface area contributed by atoms with E-state index in [9.17, 15) is 4.79 Å². The van der Waals surface area contributed by atoms with Gasteiger partial charge in [-0.15, -0.1) is 12.4 Å². The van der Waals surface area contributed by atoms with E-state index >= 15 is 0 Å². The van der Waals surface area contributed by atoms with Crippen molar-refractivity contribution < 1.29 is 4.79 Å². The van der Waals surface area contributed by atoms with Crippen molar-refractivity contribution in [3.8, 4) is 0 Å². The van der Waals surface area contributed by atoms with Gasteiger partial charge in [0.05, 0.1) is 0 Å². The highest BCUT2D eigenvalue weighted by molar-refractivity contribution is 7.99. The van der Waals surface area contributed by atoms with Gasteiger partial charge in [-0.3, -0.25) is 4.79 Å². The molecular formula is C11H23ClN2OS. The largest absolute Gasteiger partial charge is 0.343 e. The number of hydrogen-bond donors (Lipinski definition) is 1. The molecule has 0 heterocycles. The normalized spacial score (nSPS) is 23.9. The standard InChI is InChI=1S/C11H22N2OS.ClH/c1-3-15-10-5-4-9(8-10)13(2)11(14)6-7-12;/h9-10H,3-8,12H2,1-2H3;1H. The average Bonchev–Trinajstić information content (AvgIpc) is 2.66. The molecule has 1 saturated carbocycles. The zero-order valence-corrected chi connectivity index (χ0v) is 11.8. The molecule has 0 saturated heterocycles. The summed E-state index contributed by atoms with van der Waals surface area (Å²) in [5.41, 5.74) is 5.39. The number of thioether (sulfide) groups is 1. The van der Waals surface area contributed by atoms with Crippen LogP contribution in [-0.4, -0.2) is 41.4 Å². The van der Waals surface area contributed by atoms with Crippen LogP contribution in [0.1, 0.15) is 32.6 Å². The van der Waals surface area contributed by atoms with Gasteiger partial charge in [0.25, 0.3) is 0 Å². The minimum Gasteiger partial charge on any atom is -0.343 e. The van der Waals surface area contributed by atoms with Crippen LogP contribution in [0.15, 0.2) is 0 Å². The van der Waals surface area contributed by atoms with E-state index in [4.69, 9.17) is 5.73 Å². The summed E-state index contributed by atoms with van der Waals surface area (Å²) >= 11 is 2.02. The average molecular weight is 267 g/mol. The minimum absolute atomic E-state index is 0. The van der Waals surface area contributed by atoms with Crippen LogP contribution in [0.25, 0.3) is 0 Å². The molecule has 2 N–H and O–H groups in total. The van der Waals surface area contributed by atoms with Gasteiger partial charge in [0, 0.05) is 31.3 Å². The van der Waals surface area contributed by atoms with Crippen LogP contribution in [0.3, 0.4) is 0 Å². The predicted octanol–water partition coefficient (Wildman–Crippen LogP) is 1.89. The van der Waals surface area contributed by atoms with Gasteiger partial charge in [0.15, 0.2) is 0 Å². The summed E-state index contributed by atoms with van der Waals surface area (Å²) in [6, 6.07) is 0.452. The number of nitrogens with zero attached hydrogens (tertiary/aromatic N) is 1. The molecule has 0 radical (unpaired) electrons. The molecule has 0 aromatic rings. The van der Waals surface area contributed by atoms with Gasteiger partial charge in [-0.05, 0) is 25.0 Å². The first-order valence-corrected chi connectivity index (χ1v) is 6.81. The Balaban J connectivity index is 0.00000225. The van der Waals surface area contributed by atoms with Crippen LogP contribution in [0.2, 0.25) is 0 Å². The van der Waals surface area contributed by atoms with Gasteiger partial charge in [-0.2, -0.15) is 11.8 Å². The van der Waals surface area contributed by atoms with Crippen molar-refractivity contribution in [2.45, 2.75) is 43.9 Å². The van der Waals surface area contributed by atoms with Gasteiger partial charge < -0.3 is 10.6 Å². The fourth-order valence-electron chi connectivity index (χ4n) is 2.16. The number of carbonyl (C=O) groups is 1. The summed E-state index contributed by atoms with van der Waals surface area (Å²) in [5, 5.41) is 0.758. The summed E-state index contributed by atoms with van der Waals surface area (Å²) < 4.78 is 0. The third-order valence-electron chi connectivity index (χ3n) is 3.06. The Morgan fingerprint density at radius 3 is 2.75 bits per heavy atom. The van der Waals surface area contributed by atoms with Crippen molar-refractivity contribution in [3.63, 3.8) is 0 Å². The summed E-state index contributed by atoms with van der Waals surface area (Å²) in [6.07, 6.45) is 4.05. The molecular weight excluding hydrogens is 244 g/mol. The Hall–Kier alpha value is 0.0700. The van der Waals surface area contributed by atoms with Gasteiger partial charge >= 0.3 is 0 Å². The number of halogens is 1. The highest BCUT2D eigenvalue weighted by Gasteiger charge is 2.29. The van der Waals surface area contributed by atoms with E-state index in [1.165, 1.54) is 12.2 Å². The number of nitrogens with two attached hydrogens (primary N) is 1. The lowest BCUT2D eigenvalue weighted by atomic mass is 10.2. The molecule has 0 aromatic carbocycles. The third-order valence-corrected chi connectivity index (χ3v) is 4.29. The first-order chi connectivity index (χ1) is 7.19. The maximum absolute atomic E-state index is 11.6. The molecule has 1 fully saturated rings. The SMILES string of the molecule is CCSC1CCC(N(C)C(=O)CCN)C1.Cl. The Morgan fingerprint density at radius 2 is 2.19 bits per heavy atom. The lowest BCUT2D eigenvalue weighted by Gasteiger charge is -2.24. The maximum Gasteiger partial charge on any atom is 0.223 e. The summed E-state index contributed by atoms with van der Waals surface area (Å²) in [7, 11) is 1.92. The Kier molecular flexibility index (Phi) is 8.24. The van der Waals surface area contributed by atoms with Gasteiger partial charge in [0.1, 0.15) is 0 Å². The van der Waals surface area contributed by atoms with E-state index in [0.29, 0.717) is 19.0 Å². The second kappa shape index (κ2) is 8.20. The fraction of sp³-hybridized carbons (Fsp3) is 0.909. The van der Waals surface area contributed by atoms with Gasteiger partial charge in [-0.25, -0.2) is 0 Å². The molecule has 0 aliphatic heterocycles. The molecule has 96 valence electrons. The Labute approximate surface area is 109 Å². The highest BCUT2D eigenvalue weighted by atomic mass is 35.5. The van der Waals surface area contributed by atoms with E-state index in [0.717, 1.165) is 18.1 Å². The summed E-state index contributed by atoms with van der Waals surface area (Å²) in [4.78, 5) is 13.5. The van der Waals surface area contributed by atoms with Crippen LogP contribution in [0, 0.1) is 0 Å². The Bertz CT molecular complexity index is 216. The second-order valence-corrected chi connectivity index (χ2v) is 5.66. The molecule has 5 heteroatoms. The van der Waals surface area contributed by atoms with Crippen LogP contribution < -0.4 is 5.73 Å². The Morgan fingerprint density at radius 1 is 1.50 bits per heavy atom. The molecule has 1 aliphatic carbocycles. The minimum atomic E-state index is 0. The lowest BCUT2D eigenvalue weighted by molar-refractivity contribution is -0.131.